The molecule has 27 heavy (non-hydrogen) atoms. The first-order valence-electron chi connectivity index (χ1n) is 9.55. The summed E-state index contributed by atoms with van der Waals surface area (Å²) in [5, 5.41) is 11.1. The topological polar surface area (TPSA) is 50.4 Å². The van der Waals surface area contributed by atoms with E-state index in [-0.39, 0.29) is 11.7 Å². The fourth-order valence-corrected chi connectivity index (χ4v) is 4.40. The van der Waals surface area contributed by atoms with Crippen LogP contribution in [0, 0.1) is 0 Å². The maximum Gasteiger partial charge on any atom is 0.328 e. The van der Waals surface area contributed by atoms with Crippen LogP contribution in [0.1, 0.15) is 30.9 Å². The van der Waals surface area contributed by atoms with Gasteiger partial charge in [-0.05, 0) is 43.0 Å². The van der Waals surface area contributed by atoms with Gasteiger partial charge in [-0.25, -0.2) is 4.79 Å². The number of fused-ring (bicyclic) bond motifs is 1. The van der Waals surface area contributed by atoms with Gasteiger partial charge in [0.2, 0.25) is 0 Å². The average molecular weight is 365 g/mol. The minimum absolute atomic E-state index is 0.00131. The second-order valence-electron chi connectivity index (χ2n) is 7.89. The summed E-state index contributed by atoms with van der Waals surface area (Å²) in [6.07, 6.45) is 1.45. The first kappa shape index (κ1) is 18.0. The van der Waals surface area contributed by atoms with E-state index in [9.17, 15) is 9.90 Å². The monoisotopic (exact) mass is 365 g/mol. The van der Waals surface area contributed by atoms with Crippen LogP contribution in [0.5, 0.6) is 0 Å². The van der Waals surface area contributed by atoms with Crippen LogP contribution in [0.25, 0.3) is 11.0 Å². The van der Waals surface area contributed by atoms with E-state index in [1.165, 1.54) is 5.56 Å². The van der Waals surface area contributed by atoms with Crippen molar-refractivity contribution in [1.82, 2.24) is 14.0 Å². The van der Waals surface area contributed by atoms with E-state index in [0.717, 1.165) is 42.5 Å². The van der Waals surface area contributed by atoms with Crippen LogP contribution in [-0.2, 0) is 26.2 Å². The summed E-state index contributed by atoms with van der Waals surface area (Å²) < 4.78 is 3.38. The van der Waals surface area contributed by atoms with Crippen molar-refractivity contribution in [3.8, 4) is 0 Å². The average Bonchev–Trinajstić information content (AvgIpc) is 2.89. The first-order valence-corrected chi connectivity index (χ1v) is 9.55. The Bertz CT molecular complexity index is 1020. The Kier molecular flexibility index (Phi) is 4.44. The predicted molar refractivity (Wildman–Crippen MR) is 108 cm³/mol. The van der Waals surface area contributed by atoms with Gasteiger partial charge in [-0.3, -0.25) is 14.0 Å². The predicted octanol–water partition coefficient (Wildman–Crippen LogP) is 2.75. The summed E-state index contributed by atoms with van der Waals surface area (Å²) in [6.45, 7) is 3.85. The lowest BCUT2D eigenvalue weighted by Gasteiger charge is -2.43. The minimum Gasteiger partial charge on any atom is -0.385 e. The van der Waals surface area contributed by atoms with Crippen molar-refractivity contribution in [2.45, 2.75) is 38.0 Å². The molecule has 0 saturated carbocycles. The smallest absolute Gasteiger partial charge is 0.328 e. The molecule has 1 aromatic heterocycles. The van der Waals surface area contributed by atoms with Crippen LogP contribution in [0.4, 0.5) is 0 Å². The molecular formula is C22H27N3O2. The van der Waals surface area contributed by atoms with Gasteiger partial charge >= 0.3 is 5.69 Å². The molecule has 0 spiro atoms. The van der Waals surface area contributed by atoms with Gasteiger partial charge in [-0.1, -0.05) is 36.4 Å². The molecule has 142 valence electrons. The van der Waals surface area contributed by atoms with Gasteiger partial charge in [0.15, 0.2) is 0 Å². The molecule has 2 aromatic carbocycles. The van der Waals surface area contributed by atoms with Crippen molar-refractivity contribution in [3.63, 3.8) is 0 Å². The molecule has 1 N–H and O–H groups in total. The van der Waals surface area contributed by atoms with Crippen LogP contribution in [0.2, 0.25) is 0 Å². The molecule has 1 aliphatic rings. The fraction of sp³-hybridized carbons (Fsp3) is 0.409. The Labute approximate surface area is 159 Å². The van der Waals surface area contributed by atoms with Crippen molar-refractivity contribution in [2.75, 3.05) is 6.54 Å². The zero-order chi connectivity index (χ0) is 19.2. The summed E-state index contributed by atoms with van der Waals surface area (Å²) in [5.74, 6) is 0. The summed E-state index contributed by atoms with van der Waals surface area (Å²) >= 11 is 0. The number of benzene rings is 2. The van der Waals surface area contributed by atoms with Crippen molar-refractivity contribution in [2.24, 2.45) is 14.1 Å². The fourth-order valence-electron chi connectivity index (χ4n) is 4.40. The highest BCUT2D eigenvalue weighted by atomic mass is 16.3. The van der Waals surface area contributed by atoms with Crippen LogP contribution in [0.15, 0.2) is 53.3 Å². The Morgan fingerprint density at radius 1 is 1.07 bits per heavy atom. The molecular weight excluding hydrogens is 338 g/mol. The van der Waals surface area contributed by atoms with Gasteiger partial charge in [0.1, 0.15) is 0 Å². The van der Waals surface area contributed by atoms with Gasteiger partial charge in [0.25, 0.3) is 0 Å². The molecule has 5 heteroatoms. The van der Waals surface area contributed by atoms with Crippen LogP contribution in [-0.4, -0.2) is 31.7 Å². The number of aliphatic hydroxyl groups is 1. The number of aryl methyl sites for hydroxylation is 2. The molecule has 0 unspecified atom stereocenters. The summed E-state index contributed by atoms with van der Waals surface area (Å²) in [4.78, 5) is 14.6. The number of rotatable bonds is 3. The second-order valence-corrected chi connectivity index (χ2v) is 7.89. The first-order chi connectivity index (χ1) is 12.9. The largest absolute Gasteiger partial charge is 0.385 e. The number of nitrogens with zero attached hydrogens (tertiary/aromatic N) is 3. The molecule has 3 aromatic rings. The van der Waals surface area contributed by atoms with Crippen molar-refractivity contribution in [3.05, 3.63) is 70.1 Å². The molecule has 0 radical (unpaired) electrons. The molecule has 0 aliphatic carbocycles. The Morgan fingerprint density at radius 3 is 2.48 bits per heavy atom. The molecule has 1 saturated heterocycles. The van der Waals surface area contributed by atoms with Gasteiger partial charge in [-0.2, -0.15) is 0 Å². The lowest BCUT2D eigenvalue weighted by atomic mass is 9.81. The van der Waals surface area contributed by atoms with E-state index in [1.54, 1.807) is 9.13 Å². The van der Waals surface area contributed by atoms with Gasteiger partial charge in [-0.15, -0.1) is 0 Å². The standard InChI is InChI=1S/C22H27N3O2/c1-16-14-22(27,18-7-5-4-6-8-18)11-12-25(16)15-17-9-10-19-20(13-17)24(3)21(26)23(19)2/h4-10,13,16,27H,11-12,14-15H2,1-3H3/t16-,22+/m0/s1. The third kappa shape index (κ3) is 3.11. The van der Waals surface area contributed by atoms with Gasteiger partial charge < -0.3 is 5.11 Å². The third-order valence-electron chi connectivity index (χ3n) is 6.10. The van der Waals surface area contributed by atoms with Crippen LogP contribution < -0.4 is 5.69 Å². The Hall–Kier alpha value is -2.37. The quantitative estimate of drug-likeness (QED) is 0.776. The lowest BCUT2D eigenvalue weighted by Crippen LogP contribution is -2.47. The summed E-state index contributed by atoms with van der Waals surface area (Å²) in [7, 11) is 3.62. The van der Waals surface area contributed by atoms with Crippen molar-refractivity contribution >= 4 is 11.0 Å². The molecule has 1 aliphatic heterocycles. The lowest BCUT2D eigenvalue weighted by molar-refractivity contribution is -0.0502. The zero-order valence-electron chi connectivity index (χ0n) is 16.2. The van der Waals surface area contributed by atoms with Crippen LogP contribution in [0.3, 0.4) is 0 Å². The highest BCUT2D eigenvalue weighted by Gasteiger charge is 2.37. The number of piperidine rings is 1. The highest BCUT2D eigenvalue weighted by molar-refractivity contribution is 5.76. The van der Waals surface area contributed by atoms with Crippen molar-refractivity contribution in [1.29, 1.82) is 0 Å². The molecule has 0 bridgehead atoms. The van der Waals surface area contributed by atoms with Crippen LogP contribution >= 0.6 is 0 Å². The van der Waals surface area contributed by atoms with E-state index in [4.69, 9.17) is 0 Å². The summed E-state index contributed by atoms with van der Waals surface area (Å²) in [5.41, 5.74) is 3.38. The normalized spacial score (nSPS) is 23.8. The SMILES string of the molecule is C[C@H]1C[C@@](O)(c2ccccc2)CCN1Cc1ccc2c(c1)n(C)c(=O)n2C. The molecule has 4 rings (SSSR count). The number of hydrogen-bond acceptors (Lipinski definition) is 3. The molecule has 1 fully saturated rings. The highest BCUT2D eigenvalue weighted by Crippen LogP contribution is 2.36. The minimum atomic E-state index is -0.746. The maximum absolute atomic E-state index is 12.1. The van der Waals surface area contributed by atoms with Crippen molar-refractivity contribution < 1.29 is 5.11 Å². The summed E-state index contributed by atoms with van der Waals surface area (Å²) in [6, 6.07) is 16.5. The molecule has 2 atom stereocenters. The zero-order valence-corrected chi connectivity index (χ0v) is 16.2. The van der Waals surface area contributed by atoms with E-state index < -0.39 is 5.60 Å². The van der Waals surface area contributed by atoms with Gasteiger partial charge in [0.05, 0.1) is 16.6 Å². The second kappa shape index (κ2) is 6.66. The molecule has 0 amide bonds. The number of aromatic nitrogens is 2. The van der Waals surface area contributed by atoms with E-state index in [0.29, 0.717) is 0 Å². The van der Waals surface area contributed by atoms with E-state index >= 15 is 0 Å². The van der Waals surface area contributed by atoms with E-state index in [2.05, 4.69) is 24.0 Å². The number of imidazole rings is 1. The maximum atomic E-state index is 12.1. The number of hydrogen-bond donors (Lipinski definition) is 1. The van der Waals surface area contributed by atoms with Gasteiger partial charge in [0, 0.05) is 33.2 Å². The Morgan fingerprint density at radius 2 is 1.78 bits per heavy atom. The number of likely N-dealkylation sites (tertiary alicyclic amines) is 1. The third-order valence-corrected chi connectivity index (χ3v) is 6.10. The molecule has 2 heterocycles. The molecule has 5 nitrogen and oxygen atoms in total. The Balaban J connectivity index is 1.54. The van der Waals surface area contributed by atoms with E-state index in [1.807, 2.05) is 50.5 Å².